The molecule has 0 bridgehead atoms. The van der Waals surface area contributed by atoms with E-state index in [9.17, 15) is 14.7 Å². The van der Waals surface area contributed by atoms with Crippen LogP contribution in [0.4, 0.5) is 0 Å². The average Bonchev–Trinajstić information content (AvgIpc) is 2.50. The van der Waals surface area contributed by atoms with Gasteiger partial charge in [0.2, 0.25) is 0 Å². The van der Waals surface area contributed by atoms with Crippen molar-refractivity contribution >= 4 is 11.8 Å². The van der Waals surface area contributed by atoms with E-state index in [1.165, 1.54) is 0 Å². The Morgan fingerprint density at radius 2 is 1.81 bits per heavy atom. The summed E-state index contributed by atoms with van der Waals surface area (Å²) in [7, 11) is 0. The van der Waals surface area contributed by atoms with E-state index in [0.717, 1.165) is 0 Å². The van der Waals surface area contributed by atoms with Crippen molar-refractivity contribution in [2.45, 2.75) is 32.3 Å². The number of rotatable bonds is 8. The molecule has 1 aromatic carbocycles. The Hall–Kier alpha value is -2.08. The van der Waals surface area contributed by atoms with Crippen LogP contribution in [0.25, 0.3) is 0 Å². The minimum Gasteiger partial charge on any atom is -0.484 e. The van der Waals surface area contributed by atoms with Gasteiger partial charge >= 0.3 is 0 Å². The van der Waals surface area contributed by atoms with Crippen molar-refractivity contribution < 1.29 is 19.4 Å². The first-order valence-corrected chi connectivity index (χ1v) is 6.92. The van der Waals surface area contributed by atoms with E-state index in [1.807, 2.05) is 13.8 Å². The van der Waals surface area contributed by atoms with Gasteiger partial charge in [-0.1, -0.05) is 13.8 Å². The molecule has 4 N–H and O–H groups in total. The number of primary amides is 1. The number of nitrogens with one attached hydrogen (secondary N) is 1. The first kappa shape index (κ1) is 17.0. The highest BCUT2D eigenvalue weighted by molar-refractivity contribution is 5.94. The molecule has 0 aliphatic carbocycles. The maximum Gasteiger partial charge on any atom is 0.255 e. The summed E-state index contributed by atoms with van der Waals surface area (Å²) in [5, 5.41) is 12.8. The van der Waals surface area contributed by atoms with Gasteiger partial charge in [0.1, 0.15) is 5.75 Å². The van der Waals surface area contributed by atoms with E-state index in [2.05, 4.69) is 5.32 Å². The van der Waals surface area contributed by atoms with Gasteiger partial charge in [-0.15, -0.1) is 0 Å². The minimum atomic E-state index is -0.875. The Morgan fingerprint density at radius 3 is 2.29 bits per heavy atom. The second-order valence-electron chi connectivity index (χ2n) is 4.89. The van der Waals surface area contributed by atoms with Crippen LogP contribution in [0, 0.1) is 0 Å². The summed E-state index contributed by atoms with van der Waals surface area (Å²) in [5.74, 6) is -0.365. The molecule has 0 aromatic heterocycles. The van der Waals surface area contributed by atoms with Gasteiger partial charge < -0.3 is 20.9 Å². The first-order valence-electron chi connectivity index (χ1n) is 6.92. The van der Waals surface area contributed by atoms with Gasteiger partial charge in [-0.05, 0) is 37.1 Å². The van der Waals surface area contributed by atoms with Crippen LogP contribution >= 0.6 is 0 Å². The lowest BCUT2D eigenvalue weighted by Gasteiger charge is -2.25. The summed E-state index contributed by atoms with van der Waals surface area (Å²) in [5.41, 5.74) is 4.55. The normalized spacial score (nSPS) is 11.0. The number of benzene rings is 1. The van der Waals surface area contributed by atoms with Crippen LogP contribution in [-0.4, -0.2) is 35.7 Å². The number of aliphatic hydroxyl groups is 1. The smallest absolute Gasteiger partial charge is 0.255 e. The summed E-state index contributed by atoms with van der Waals surface area (Å²) >= 11 is 0. The van der Waals surface area contributed by atoms with E-state index < -0.39 is 11.5 Å². The molecule has 0 saturated carbocycles. The number of hydrogen-bond acceptors (Lipinski definition) is 4. The van der Waals surface area contributed by atoms with Crippen LogP contribution in [-0.2, 0) is 4.79 Å². The van der Waals surface area contributed by atoms with Gasteiger partial charge in [0, 0.05) is 12.1 Å². The highest BCUT2D eigenvalue weighted by Gasteiger charge is 2.22. The van der Waals surface area contributed by atoms with Crippen LogP contribution in [0.15, 0.2) is 24.3 Å². The van der Waals surface area contributed by atoms with Crippen LogP contribution in [0.3, 0.4) is 0 Å². The van der Waals surface area contributed by atoms with Crippen molar-refractivity contribution in [3.8, 4) is 5.75 Å². The third kappa shape index (κ3) is 5.43. The number of ether oxygens (including phenoxy) is 1. The molecular formula is C15H22N2O4. The van der Waals surface area contributed by atoms with Gasteiger partial charge in [-0.2, -0.15) is 0 Å². The van der Waals surface area contributed by atoms with Crippen molar-refractivity contribution in [3.63, 3.8) is 0 Å². The fourth-order valence-corrected chi connectivity index (χ4v) is 1.70. The summed E-state index contributed by atoms with van der Waals surface area (Å²) in [6, 6.07) is 6.35. The maximum atomic E-state index is 12.0. The topological polar surface area (TPSA) is 102 Å². The molecule has 1 aromatic rings. The monoisotopic (exact) mass is 294 g/mol. The molecule has 0 aliphatic rings. The SMILES string of the molecule is CCC(O)(CC)CNC(=O)c1ccc(OCC(N)=O)cc1. The molecule has 1 rings (SSSR count). The fourth-order valence-electron chi connectivity index (χ4n) is 1.70. The molecule has 6 heteroatoms. The van der Waals surface area contributed by atoms with Gasteiger partial charge in [-0.3, -0.25) is 9.59 Å². The predicted molar refractivity (Wildman–Crippen MR) is 79.0 cm³/mol. The molecule has 0 fully saturated rings. The summed E-state index contributed by atoms with van der Waals surface area (Å²) in [6.45, 7) is 3.76. The molecule has 0 heterocycles. The third-order valence-electron chi connectivity index (χ3n) is 3.39. The highest BCUT2D eigenvalue weighted by Crippen LogP contribution is 2.14. The maximum absolute atomic E-state index is 12.0. The lowest BCUT2D eigenvalue weighted by atomic mass is 9.97. The predicted octanol–water partition coefficient (Wildman–Crippen LogP) is 0.832. The number of carbonyl (C=O) groups excluding carboxylic acids is 2. The summed E-state index contributed by atoms with van der Waals surface area (Å²) in [4.78, 5) is 22.6. The molecule has 6 nitrogen and oxygen atoms in total. The van der Waals surface area contributed by atoms with E-state index >= 15 is 0 Å². The number of hydrogen-bond donors (Lipinski definition) is 3. The molecule has 0 saturated heterocycles. The largest absolute Gasteiger partial charge is 0.484 e. The van der Waals surface area contributed by atoms with Crippen LogP contribution in [0.2, 0.25) is 0 Å². The van der Waals surface area contributed by atoms with Crippen molar-refractivity contribution in [2.75, 3.05) is 13.2 Å². The molecule has 0 spiro atoms. The van der Waals surface area contributed by atoms with E-state index in [0.29, 0.717) is 24.2 Å². The zero-order chi connectivity index (χ0) is 15.9. The Kier molecular flexibility index (Phi) is 6.17. The zero-order valence-corrected chi connectivity index (χ0v) is 12.4. The fraction of sp³-hybridized carbons (Fsp3) is 0.467. The Labute approximate surface area is 124 Å². The molecule has 0 atom stereocenters. The molecule has 116 valence electrons. The second kappa shape index (κ2) is 7.64. The van der Waals surface area contributed by atoms with E-state index in [1.54, 1.807) is 24.3 Å². The number of carbonyl (C=O) groups is 2. The quantitative estimate of drug-likeness (QED) is 0.661. The van der Waals surface area contributed by atoms with Gasteiger partial charge in [0.05, 0.1) is 5.60 Å². The summed E-state index contributed by atoms with van der Waals surface area (Å²) < 4.78 is 5.10. The molecule has 0 unspecified atom stereocenters. The van der Waals surface area contributed by atoms with Gasteiger partial charge in [0.25, 0.3) is 11.8 Å². The molecule has 0 radical (unpaired) electrons. The lowest BCUT2D eigenvalue weighted by molar-refractivity contribution is -0.119. The van der Waals surface area contributed by atoms with Crippen molar-refractivity contribution in [1.82, 2.24) is 5.32 Å². The summed E-state index contributed by atoms with van der Waals surface area (Å²) in [6.07, 6.45) is 1.15. The van der Waals surface area contributed by atoms with Crippen LogP contribution in [0.1, 0.15) is 37.0 Å². The average molecular weight is 294 g/mol. The third-order valence-corrected chi connectivity index (χ3v) is 3.39. The Balaban J connectivity index is 2.57. The zero-order valence-electron chi connectivity index (χ0n) is 12.4. The van der Waals surface area contributed by atoms with Gasteiger partial charge in [0.15, 0.2) is 6.61 Å². The second-order valence-corrected chi connectivity index (χ2v) is 4.89. The first-order chi connectivity index (χ1) is 9.90. The molecule has 2 amide bonds. The number of amides is 2. The van der Waals surface area contributed by atoms with Crippen molar-refractivity contribution in [2.24, 2.45) is 5.73 Å². The molecule has 21 heavy (non-hydrogen) atoms. The van der Waals surface area contributed by atoms with Crippen LogP contribution in [0.5, 0.6) is 5.75 Å². The van der Waals surface area contributed by atoms with Gasteiger partial charge in [-0.25, -0.2) is 0 Å². The standard InChI is InChI=1S/C15H22N2O4/c1-3-15(20,4-2)10-17-14(19)11-5-7-12(8-6-11)21-9-13(16)18/h5-8,20H,3-4,9-10H2,1-2H3,(H2,16,18)(H,17,19). The minimum absolute atomic E-state index is 0.203. The molecule has 0 aliphatic heterocycles. The lowest BCUT2D eigenvalue weighted by Crippen LogP contribution is -2.42. The number of nitrogens with two attached hydrogens (primary N) is 1. The Morgan fingerprint density at radius 1 is 1.24 bits per heavy atom. The van der Waals surface area contributed by atoms with Crippen molar-refractivity contribution in [3.05, 3.63) is 29.8 Å². The van der Waals surface area contributed by atoms with E-state index in [-0.39, 0.29) is 19.1 Å². The van der Waals surface area contributed by atoms with Crippen LogP contribution < -0.4 is 15.8 Å². The Bertz CT molecular complexity index is 481. The van der Waals surface area contributed by atoms with E-state index in [4.69, 9.17) is 10.5 Å². The highest BCUT2D eigenvalue weighted by atomic mass is 16.5. The molecular weight excluding hydrogens is 272 g/mol. The van der Waals surface area contributed by atoms with Crippen molar-refractivity contribution in [1.29, 1.82) is 0 Å².